The van der Waals surface area contributed by atoms with Crippen LogP contribution in [-0.2, 0) is 33.3 Å². The first-order valence-corrected chi connectivity index (χ1v) is 15.9. The van der Waals surface area contributed by atoms with E-state index < -0.39 is 30.1 Å². The summed E-state index contributed by atoms with van der Waals surface area (Å²) >= 11 is 0. The fourth-order valence-electron chi connectivity index (χ4n) is 5.42. The minimum Gasteiger partial charge on any atom is -0.469 e. The number of hydrogen-bond donors (Lipinski definition) is 0. The van der Waals surface area contributed by atoms with Crippen molar-refractivity contribution in [3.8, 4) is 0 Å². The van der Waals surface area contributed by atoms with E-state index in [0.29, 0.717) is 56.3 Å². The SMILES string of the molecule is CCOC(=O)CCCCC(=O)/C=C/[C@@H]1[C@@H](C/C=C\CCCC(=O)OC)[C@@H](OC(=O)c2ccccc2)C[C@H]1OC(=O)c1ccccc1. The van der Waals surface area contributed by atoms with Gasteiger partial charge in [-0.15, -0.1) is 0 Å². The molecular formula is C37H44O9. The molecule has 1 aliphatic rings. The lowest BCUT2D eigenvalue weighted by molar-refractivity contribution is -0.143. The molecule has 9 heteroatoms. The molecule has 0 N–H and O–H groups in total. The molecule has 0 radical (unpaired) electrons. The van der Waals surface area contributed by atoms with E-state index in [1.807, 2.05) is 24.3 Å². The molecule has 2 aromatic carbocycles. The van der Waals surface area contributed by atoms with Gasteiger partial charge in [-0.3, -0.25) is 14.4 Å². The molecule has 0 aromatic heterocycles. The summed E-state index contributed by atoms with van der Waals surface area (Å²) in [6, 6.07) is 17.3. The summed E-state index contributed by atoms with van der Waals surface area (Å²) in [6.07, 6.45) is 9.94. The maximum Gasteiger partial charge on any atom is 0.338 e. The van der Waals surface area contributed by atoms with E-state index in [4.69, 9.17) is 18.9 Å². The number of ketones is 1. The van der Waals surface area contributed by atoms with Gasteiger partial charge in [-0.1, -0.05) is 54.6 Å². The van der Waals surface area contributed by atoms with Crippen molar-refractivity contribution in [3.05, 3.63) is 96.1 Å². The van der Waals surface area contributed by atoms with E-state index in [0.717, 1.165) is 0 Å². The zero-order valence-electron chi connectivity index (χ0n) is 26.6. The molecule has 1 aliphatic carbocycles. The van der Waals surface area contributed by atoms with Gasteiger partial charge in [0, 0.05) is 37.5 Å². The van der Waals surface area contributed by atoms with Crippen LogP contribution < -0.4 is 0 Å². The molecule has 0 saturated heterocycles. The Balaban J connectivity index is 1.79. The van der Waals surface area contributed by atoms with E-state index in [9.17, 15) is 24.0 Å². The second-order valence-corrected chi connectivity index (χ2v) is 11.1. The van der Waals surface area contributed by atoms with Crippen LogP contribution in [0.5, 0.6) is 0 Å². The van der Waals surface area contributed by atoms with Gasteiger partial charge in [0.2, 0.25) is 0 Å². The van der Waals surface area contributed by atoms with Gasteiger partial charge in [-0.2, -0.15) is 0 Å². The van der Waals surface area contributed by atoms with E-state index >= 15 is 0 Å². The number of esters is 4. The van der Waals surface area contributed by atoms with Crippen LogP contribution in [0, 0.1) is 11.8 Å². The molecule has 0 unspecified atom stereocenters. The first-order chi connectivity index (χ1) is 22.3. The fourth-order valence-corrected chi connectivity index (χ4v) is 5.42. The third kappa shape index (κ3) is 12.1. The van der Waals surface area contributed by atoms with Crippen molar-refractivity contribution >= 4 is 29.7 Å². The predicted molar refractivity (Wildman–Crippen MR) is 172 cm³/mol. The molecule has 246 valence electrons. The summed E-state index contributed by atoms with van der Waals surface area (Å²) in [7, 11) is 1.36. The second-order valence-electron chi connectivity index (χ2n) is 11.1. The molecule has 2 aromatic rings. The Labute approximate surface area is 270 Å². The van der Waals surface area contributed by atoms with Crippen molar-refractivity contribution in [2.75, 3.05) is 13.7 Å². The van der Waals surface area contributed by atoms with E-state index in [1.165, 1.54) is 13.2 Å². The molecule has 0 heterocycles. The normalized spacial score (nSPS) is 19.2. The molecule has 0 spiro atoms. The molecule has 4 atom stereocenters. The fraction of sp³-hybridized carbons (Fsp3) is 0.432. The topological polar surface area (TPSA) is 122 Å². The molecule has 0 amide bonds. The molecule has 46 heavy (non-hydrogen) atoms. The summed E-state index contributed by atoms with van der Waals surface area (Å²) < 4.78 is 21.7. The first kappa shape index (κ1) is 35.9. The molecule has 9 nitrogen and oxygen atoms in total. The first-order valence-electron chi connectivity index (χ1n) is 15.9. The molecule has 1 fully saturated rings. The maximum atomic E-state index is 13.1. The molecule has 3 rings (SSSR count). The Bertz CT molecular complexity index is 1330. The smallest absolute Gasteiger partial charge is 0.338 e. The van der Waals surface area contributed by atoms with Gasteiger partial charge in [0.05, 0.1) is 24.8 Å². The van der Waals surface area contributed by atoms with Crippen LogP contribution in [0.15, 0.2) is 85.0 Å². The lowest BCUT2D eigenvalue weighted by atomic mass is 9.89. The van der Waals surface area contributed by atoms with Crippen LogP contribution in [0.2, 0.25) is 0 Å². The van der Waals surface area contributed by atoms with Gasteiger partial charge in [0.1, 0.15) is 12.2 Å². The largest absolute Gasteiger partial charge is 0.469 e. The van der Waals surface area contributed by atoms with E-state index in [2.05, 4.69) is 0 Å². The van der Waals surface area contributed by atoms with Crippen LogP contribution in [0.25, 0.3) is 0 Å². The highest BCUT2D eigenvalue weighted by Gasteiger charge is 2.45. The van der Waals surface area contributed by atoms with Crippen LogP contribution in [0.1, 0.15) is 85.4 Å². The van der Waals surface area contributed by atoms with Crippen LogP contribution in [0.4, 0.5) is 0 Å². The Morgan fingerprint density at radius 3 is 1.93 bits per heavy atom. The lowest BCUT2D eigenvalue weighted by Crippen LogP contribution is -2.26. The minimum atomic E-state index is -0.646. The number of hydrogen-bond acceptors (Lipinski definition) is 9. The van der Waals surface area contributed by atoms with Crippen LogP contribution in [-0.4, -0.2) is 55.6 Å². The number of carbonyl (C=O) groups is 5. The molecule has 0 aliphatic heterocycles. The average molecular weight is 633 g/mol. The van der Waals surface area contributed by atoms with Crippen molar-refractivity contribution in [3.63, 3.8) is 0 Å². The van der Waals surface area contributed by atoms with Crippen molar-refractivity contribution in [1.29, 1.82) is 0 Å². The quantitative estimate of drug-likeness (QED) is 0.0587. The van der Waals surface area contributed by atoms with E-state index in [-0.39, 0.29) is 42.9 Å². The van der Waals surface area contributed by atoms with Gasteiger partial charge >= 0.3 is 23.9 Å². The lowest BCUT2D eigenvalue weighted by Gasteiger charge is -2.23. The number of methoxy groups -OCH3 is 1. The van der Waals surface area contributed by atoms with Gasteiger partial charge in [-0.05, 0) is 69.4 Å². The summed E-state index contributed by atoms with van der Waals surface area (Å²) in [6.45, 7) is 2.07. The third-order valence-corrected chi connectivity index (χ3v) is 7.82. The third-order valence-electron chi connectivity index (χ3n) is 7.82. The highest BCUT2D eigenvalue weighted by Crippen LogP contribution is 2.40. The summed E-state index contributed by atoms with van der Waals surface area (Å²) in [5.74, 6) is -2.34. The molecular weight excluding hydrogens is 588 g/mol. The zero-order chi connectivity index (χ0) is 33.1. The number of allylic oxidation sites excluding steroid dienone is 3. The van der Waals surface area contributed by atoms with Crippen molar-refractivity contribution < 1.29 is 42.9 Å². The molecule has 0 bridgehead atoms. The maximum absolute atomic E-state index is 13.1. The number of unbranched alkanes of at least 4 members (excludes halogenated alkanes) is 2. The number of ether oxygens (including phenoxy) is 4. The Morgan fingerprint density at radius 1 is 0.739 bits per heavy atom. The van der Waals surface area contributed by atoms with Crippen molar-refractivity contribution in [2.45, 2.75) is 76.9 Å². The minimum absolute atomic E-state index is 0.112. The number of benzene rings is 2. The average Bonchev–Trinajstić information content (AvgIpc) is 3.38. The summed E-state index contributed by atoms with van der Waals surface area (Å²) in [4.78, 5) is 62.1. The molecule has 1 saturated carbocycles. The highest BCUT2D eigenvalue weighted by atomic mass is 16.6. The Kier molecular flexibility index (Phi) is 15.4. The van der Waals surface area contributed by atoms with Gasteiger partial charge in [0.15, 0.2) is 5.78 Å². The van der Waals surface area contributed by atoms with Gasteiger partial charge < -0.3 is 18.9 Å². The number of rotatable bonds is 18. The van der Waals surface area contributed by atoms with Crippen LogP contribution in [0.3, 0.4) is 0 Å². The monoisotopic (exact) mass is 632 g/mol. The second kappa shape index (κ2) is 19.8. The predicted octanol–water partition coefficient (Wildman–Crippen LogP) is 6.61. The number of carbonyl (C=O) groups excluding carboxylic acids is 5. The summed E-state index contributed by atoms with van der Waals surface area (Å²) in [5, 5.41) is 0. The van der Waals surface area contributed by atoms with E-state index in [1.54, 1.807) is 61.5 Å². The van der Waals surface area contributed by atoms with Gasteiger partial charge in [-0.25, -0.2) is 9.59 Å². The summed E-state index contributed by atoms with van der Waals surface area (Å²) in [5.41, 5.74) is 0.809. The Hall–Kier alpha value is -4.53. The Morgan fingerprint density at radius 2 is 1.33 bits per heavy atom. The highest BCUT2D eigenvalue weighted by molar-refractivity contribution is 5.91. The van der Waals surface area contributed by atoms with Crippen molar-refractivity contribution in [1.82, 2.24) is 0 Å². The van der Waals surface area contributed by atoms with Crippen molar-refractivity contribution in [2.24, 2.45) is 11.8 Å². The zero-order valence-corrected chi connectivity index (χ0v) is 26.6. The van der Waals surface area contributed by atoms with Gasteiger partial charge in [0.25, 0.3) is 0 Å². The standard InChI is InChI=1S/C37H44O9/c1-3-44-35(40)23-15-14-20-29(38)24-25-31-30(21-12-4-5-13-22-34(39)43-2)32(45-36(41)27-16-8-6-9-17-27)26-33(31)46-37(42)28-18-10-7-11-19-28/h4,6-12,16-19,24-25,30-33H,3,5,13-15,20-23,26H2,1-2H3/b12-4-,25-24+/t30-,31-,32+,33-/m1/s1. The van der Waals surface area contributed by atoms with Crippen LogP contribution >= 0.6 is 0 Å².